The van der Waals surface area contributed by atoms with Crippen LogP contribution >= 0.6 is 11.6 Å². The Labute approximate surface area is 155 Å². The predicted octanol–water partition coefficient (Wildman–Crippen LogP) is 3.53. The lowest BCUT2D eigenvalue weighted by atomic mass is 10.1. The first kappa shape index (κ1) is 17.8. The number of hydrogen-bond acceptors (Lipinski definition) is 5. The molecule has 2 aromatic carbocycles. The normalized spacial score (nSPS) is 11.6. The summed E-state index contributed by atoms with van der Waals surface area (Å²) < 4.78 is 0. The lowest BCUT2D eigenvalue weighted by Gasteiger charge is -2.17. The van der Waals surface area contributed by atoms with E-state index < -0.39 is 0 Å². The van der Waals surface area contributed by atoms with Gasteiger partial charge >= 0.3 is 0 Å². The van der Waals surface area contributed by atoms with E-state index in [2.05, 4.69) is 20.8 Å². The second-order valence-corrected chi connectivity index (χ2v) is 5.99. The molecule has 0 saturated heterocycles. The molecule has 0 fully saturated rings. The summed E-state index contributed by atoms with van der Waals surface area (Å²) in [5.74, 6) is 0.113. The van der Waals surface area contributed by atoms with Crippen LogP contribution in [0.25, 0.3) is 0 Å². The molecular formula is C19H17ClN4O2. The van der Waals surface area contributed by atoms with E-state index in [9.17, 15) is 9.90 Å². The number of anilines is 2. The van der Waals surface area contributed by atoms with Gasteiger partial charge in [0.1, 0.15) is 5.82 Å². The number of carbonyl (C=O) groups is 1. The number of amides is 1. The minimum absolute atomic E-state index is 0.125. The van der Waals surface area contributed by atoms with Gasteiger partial charge in [-0.2, -0.15) is 0 Å². The molecule has 7 heteroatoms. The number of benzene rings is 2. The van der Waals surface area contributed by atoms with Crippen molar-refractivity contribution in [3.05, 3.63) is 83.0 Å². The summed E-state index contributed by atoms with van der Waals surface area (Å²) in [5.41, 5.74) is 1.75. The summed E-state index contributed by atoms with van der Waals surface area (Å²) in [5, 5.41) is 24.0. The van der Waals surface area contributed by atoms with E-state index in [1.807, 2.05) is 30.3 Å². The van der Waals surface area contributed by atoms with Gasteiger partial charge in [0.2, 0.25) is 0 Å². The third-order valence-electron chi connectivity index (χ3n) is 3.71. The maximum Gasteiger partial charge on any atom is 0.276 e. The molecule has 6 nitrogen and oxygen atoms in total. The molecule has 26 heavy (non-hydrogen) atoms. The summed E-state index contributed by atoms with van der Waals surface area (Å²) in [4.78, 5) is 12.2. The van der Waals surface area contributed by atoms with Gasteiger partial charge in [-0.05, 0) is 42.0 Å². The van der Waals surface area contributed by atoms with E-state index in [0.29, 0.717) is 16.5 Å². The summed E-state index contributed by atoms with van der Waals surface area (Å²) in [6, 6.07) is 19.1. The first-order valence-electron chi connectivity index (χ1n) is 7.98. The van der Waals surface area contributed by atoms with Gasteiger partial charge in [0.25, 0.3) is 5.91 Å². The molecule has 3 N–H and O–H groups in total. The number of carbonyl (C=O) groups excluding carboxylic acids is 1. The number of nitrogens with one attached hydrogen (secondary N) is 2. The molecule has 0 bridgehead atoms. The Kier molecular flexibility index (Phi) is 5.78. The molecule has 1 aromatic heterocycles. The van der Waals surface area contributed by atoms with Crippen LogP contribution in [0, 0.1) is 0 Å². The summed E-state index contributed by atoms with van der Waals surface area (Å²) >= 11 is 5.88. The quantitative estimate of drug-likeness (QED) is 0.619. The maximum absolute atomic E-state index is 12.2. The van der Waals surface area contributed by atoms with Gasteiger partial charge in [-0.15, -0.1) is 10.2 Å². The van der Waals surface area contributed by atoms with Crippen LogP contribution < -0.4 is 10.6 Å². The van der Waals surface area contributed by atoms with Crippen molar-refractivity contribution in [3.8, 4) is 0 Å². The zero-order chi connectivity index (χ0) is 18.4. The van der Waals surface area contributed by atoms with E-state index in [4.69, 9.17) is 11.6 Å². The van der Waals surface area contributed by atoms with Crippen molar-refractivity contribution in [2.24, 2.45) is 0 Å². The van der Waals surface area contributed by atoms with Crippen LogP contribution in [-0.2, 0) is 0 Å². The van der Waals surface area contributed by atoms with Crippen molar-refractivity contribution in [2.45, 2.75) is 6.04 Å². The predicted molar refractivity (Wildman–Crippen MR) is 101 cm³/mol. The van der Waals surface area contributed by atoms with Crippen LogP contribution in [0.3, 0.4) is 0 Å². The Morgan fingerprint density at radius 2 is 1.73 bits per heavy atom. The second-order valence-electron chi connectivity index (χ2n) is 5.56. The molecule has 0 aliphatic rings. The van der Waals surface area contributed by atoms with Crippen molar-refractivity contribution in [3.63, 3.8) is 0 Å². The van der Waals surface area contributed by atoms with Gasteiger partial charge in [-0.3, -0.25) is 4.79 Å². The minimum atomic E-state index is -0.356. The molecule has 0 aliphatic carbocycles. The number of nitrogens with zero attached hydrogens (tertiary/aromatic N) is 2. The second kappa shape index (κ2) is 8.42. The van der Waals surface area contributed by atoms with E-state index in [1.165, 1.54) is 0 Å². The number of para-hydroxylation sites is 1. The number of halogens is 1. The van der Waals surface area contributed by atoms with E-state index in [-0.39, 0.29) is 24.2 Å². The largest absolute Gasteiger partial charge is 0.394 e. The van der Waals surface area contributed by atoms with Crippen LogP contribution in [-0.4, -0.2) is 27.8 Å². The van der Waals surface area contributed by atoms with Gasteiger partial charge in [0.05, 0.1) is 12.6 Å². The Morgan fingerprint density at radius 1 is 1.00 bits per heavy atom. The highest BCUT2D eigenvalue weighted by atomic mass is 35.5. The van der Waals surface area contributed by atoms with Crippen molar-refractivity contribution in [2.75, 3.05) is 17.2 Å². The molecule has 0 saturated carbocycles. The standard InChI is InChI=1S/C19H17ClN4O2/c20-14-8-6-13(7-9-14)17(12-25)22-18-11-10-16(23-24-18)19(26)21-15-4-2-1-3-5-15/h1-11,17,25H,12H2,(H,21,26)(H,22,24). The van der Waals surface area contributed by atoms with Crippen molar-refractivity contribution in [1.29, 1.82) is 0 Å². The van der Waals surface area contributed by atoms with E-state index in [0.717, 1.165) is 5.56 Å². The highest BCUT2D eigenvalue weighted by molar-refractivity contribution is 6.30. The smallest absolute Gasteiger partial charge is 0.276 e. The fourth-order valence-corrected chi connectivity index (χ4v) is 2.48. The monoisotopic (exact) mass is 368 g/mol. The topological polar surface area (TPSA) is 87.1 Å². The molecule has 0 aliphatic heterocycles. The van der Waals surface area contributed by atoms with Crippen LogP contribution in [0.4, 0.5) is 11.5 Å². The number of aromatic nitrogens is 2. The van der Waals surface area contributed by atoms with Gasteiger partial charge in [0.15, 0.2) is 5.69 Å². The molecular weight excluding hydrogens is 352 g/mol. The lowest BCUT2D eigenvalue weighted by molar-refractivity contribution is 0.102. The fourth-order valence-electron chi connectivity index (χ4n) is 2.35. The zero-order valence-electron chi connectivity index (χ0n) is 13.8. The fraction of sp³-hybridized carbons (Fsp3) is 0.105. The van der Waals surface area contributed by atoms with Gasteiger partial charge in [-0.25, -0.2) is 0 Å². The third-order valence-corrected chi connectivity index (χ3v) is 3.96. The number of rotatable bonds is 6. The first-order valence-corrected chi connectivity index (χ1v) is 8.36. The number of aliphatic hydroxyl groups is 1. The Morgan fingerprint density at radius 3 is 2.35 bits per heavy atom. The first-order chi connectivity index (χ1) is 12.7. The summed E-state index contributed by atoms with van der Waals surface area (Å²) in [6.07, 6.45) is 0. The third kappa shape index (κ3) is 4.56. The Bertz CT molecular complexity index is 855. The van der Waals surface area contributed by atoms with E-state index in [1.54, 1.807) is 36.4 Å². The SMILES string of the molecule is O=C(Nc1ccccc1)c1ccc(NC(CO)c2ccc(Cl)cc2)nn1. The van der Waals surface area contributed by atoms with Crippen molar-refractivity contribution < 1.29 is 9.90 Å². The minimum Gasteiger partial charge on any atom is -0.394 e. The molecule has 0 spiro atoms. The van der Waals surface area contributed by atoms with Crippen molar-refractivity contribution >= 4 is 29.0 Å². The van der Waals surface area contributed by atoms with Crippen LogP contribution in [0.15, 0.2) is 66.7 Å². The highest BCUT2D eigenvalue weighted by Gasteiger charge is 2.13. The number of aliphatic hydroxyl groups excluding tert-OH is 1. The Balaban J connectivity index is 1.66. The lowest BCUT2D eigenvalue weighted by Crippen LogP contribution is -2.18. The zero-order valence-corrected chi connectivity index (χ0v) is 14.5. The summed E-state index contributed by atoms with van der Waals surface area (Å²) in [7, 11) is 0. The van der Waals surface area contributed by atoms with Crippen LogP contribution in [0.1, 0.15) is 22.1 Å². The molecule has 1 unspecified atom stereocenters. The summed E-state index contributed by atoms with van der Waals surface area (Å²) in [6.45, 7) is -0.125. The average molecular weight is 369 g/mol. The molecule has 132 valence electrons. The Hall–Kier alpha value is -2.96. The molecule has 1 atom stereocenters. The van der Waals surface area contributed by atoms with Crippen molar-refractivity contribution in [1.82, 2.24) is 10.2 Å². The molecule has 3 aromatic rings. The molecule has 0 radical (unpaired) electrons. The van der Waals surface area contributed by atoms with Gasteiger partial charge < -0.3 is 15.7 Å². The van der Waals surface area contributed by atoms with Crippen LogP contribution in [0.2, 0.25) is 5.02 Å². The number of hydrogen-bond donors (Lipinski definition) is 3. The van der Waals surface area contributed by atoms with E-state index >= 15 is 0 Å². The van der Waals surface area contributed by atoms with Gasteiger partial charge in [-0.1, -0.05) is 41.9 Å². The average Bonchev–Trinajstić information content (AvgIpc) is 2.68. The molecule has 3 rings (SSSR count). The highest BCUT2D eigenvalue weighted by Crippen LogP contribution is 2.20. The van der Waals surface area contributed by atoms with Crippen LogP contribution in [0.5, 0.6) is 0 Å². The molecule has 1 heterocycles. The maximum atomic E-state index is 12.2. The molecule has 1 amide bonds. The van der Waals surface area contributed by atoms with Gasteiger partial charge in [0, 0.05) is 10.7 Å².